The van der Waals surface area contributed by atoms with E-state index in [1.807, 2.05) is 12.1 Å². The number of hydrogen-bond acceptors (Lipinski definition) is 3. The highest BCUT2D eigenvalue weighted by molar-refractivity contribution is 5.02. The number of furan rings is 1. The second-order valence-corrected chi connectivity index (χ2v) is 3.78. The summed E-state index contributed by atoms with van der Waals surface area (Å²) in [5.74, 6) is 0.989. The minimum Gasteiger partial charge on any atom is -0.468 e. The van der Waals surface area contributed by atoms with Gasteiger partial charge in [0.05, 0.1) is 18.4 Å². The molecule has 0 spiro atoms. The SMILES string of the molecule is C[C@@H](NC[C@@H]1CCCO1)c1ccco1. The van der Waals surface area contributed by atoms with Gasteiger partial charge in [0.1, 0.15) is 5.76 Å². The van der Waals surface area contributed by atoms with Crippen LogP contribution in [0.15, 0.2) is 22.8 Å². The van der Waals surface area contributed by atoms with E-state index >= 15 is 0 Å². The number of nitrogens with one attached hydrogen (secondary N) is 1. The summed E-state index contributed by atoms with van der Waals surface area (Å²) in [4.78, 5) is 0. The highest BCUT2D eigenvalue weighted by atomic mass is 16.5. The van der Waals surface area contributed by atoms with E-state index in [1.165, 1.54) is 12.8 Å². The molecule has 0 aromatic carbocycles. The van der Waals surface area contributed by atoms with Crippen LogP contribution in [0.1, 0.15) is 31.6 Å². The summed E-state index contributed by atoms with van der Waals surface area (Å²) in [7, 11) is 0. The monoisotopic (exact) mass is 195 g/mol. The Morgan fingerprint density at radius 3 is 3.21 bits per heavy atom. The molecule has 0 radical (unpaired) electrons. The second kappa shape index (κ2) is 4.62. The van der Waals surface area contributed by atoms with Gasteiger partial charge < -0.3 is 14.5 Å². The zero-order chi connectivity index (χ0) is 9.80. The molecule has 2 atom stereocenters. The fourth-order valence-corrected chi connectivity index (χ4v) is 1.75. The predicted octanol–water partition coefficient (Wildman–Crippen LogP) is 2.11. The van der Waals surface area contributed by atoms with Crippen LogP contribution in [0.5, 0.6) is 0 Å². The summed E-state index contributed by atoms with van der Waals surface area (Å²) in [6, 6.07) is 4.18. The van der Waals surface area contributed by atoms with E-state index in [-0.39, 0.29) is 6.04 Å². The quantitative estimate of drug-likeness (QED) is 0.799. The summed E-state index contributed by atoms with van der Waals surface area (Å²) in [6.45, 7) is 3.94. The lowest BCUT2D eigenvalue weighted by atomic mass is 10.2. The molecule has 0 aliphatic carbocycles. The van der Waals surface area contributed by atoms with Crippen LogP contribution in [-0.4, -0.2) is 19.3 Å². The molecule has 0 amide bonds. The van der Waals surface area contributed by atoms with Gasteiger partial charge in [0, 0.05) is 13.2 Å². The normalized spacial score (nSPS) is 23.9. The average Bonchev–Trinajstić information content (AvgIpc) is 2.87. The fourth-order valence-electron chi connectivity index (χ4n) is 1.75. The molecule has 1 N–H and O–H groups in total. The van der Waals surface area contributed by atoms with Crippen molar-refractivity contribution in [1.29, 1.82) is 0 Å². The first-order chi connectivity index (χ1) is 6.86. The van der Waals surface area contributed by atoms with Crippen molar-refractivity contribution in [3.63, 3.8) is 0 Å². The topological polar surface area (TPSA) is 34.4 Å². The Labute approximate surface area is 84.4 Å². The van der Waals surface area contributed by atoms with Crippen LogP contribution in [0.2, 0.25) is 0 Å². The van der Waals surface area contributed by atoms with Crippen molar-refractivity contribution in [2.75, 3.05) is 13.2 Å². The average molecular weight is 195 g/mol. The van der Waals surface area contributed by atoms with Gasteiger partial charge in [-0.2, -0.15) is 0 Å². The minimum absolute atomic E-state index is 0.272. The highest BCUT2D eigenvalue weighted by Crippen LogP contribution is 2.15. The van der Waals surface area contributed by atoms with Crippen molar-refractivity contribution >= 4 is 0 Å². The summed E-state index contributed by atoms with van der Waals surface area (Å²) in [5, 5.41) is 3.41. The predicted molar refractivity (Wildman–Crippen MR) is 54.1 cm³/mol. The molecule has 0 bridgehead atoms. The van der Waals surface area contributed by atoms with E-state index < -0.39 is 0 Å². The van der Waals surface area contributed by atoms with Gasteiger partial charge in [-0.1, -0.05) is 0 Å². The Morgan fingerprint density at radius 2 is 2.57 bits per heavy atom. The standard InChI is InChI=1S/C11H17NO2/c1-9(11-5-3-7-14-11)12-8-10-4-2-6-13-10/h3,5,7,9-10,12H,2,4,6,8H2,1H3/t9-,10+/m1/s1. The molecular weight excluding hydrogens is 178 g/mol. The maximum Gasteiger partial charge on any atom is 0.120 e. The van der Waals surface area contributed by atoms with Crippen LogP contribution in [0.4, 0.5) is 0 Å². The van der Waals surface area contributed by atoms with E-state index in [0.29, 0.717) is 6.10 Å². The molecule has 3 heteroatoms. The van der Waals surface area contributed by atoms with Crippen LogP contribution in [0, 0.1) is 0 Å². The molecule has 3 nitrogen and oxygen atoms in total. The zero-order valence-corrected chi connectivity index (χ0v) is 8.53. The maximum atomic E-state index is 5.53. The van der Waals surface area contributed by atoms with Gasteiger partial charge in [-0.15, -0.1) is 0 Å². The van der Waals surface area contributed by atoms with Crippen LogP contribution < -0.4 is 5.32 Å². The van der Waals surface area contributed by atoms with Gasteiger partial charge in [-0.05, 0) is 31.9 Å². The van der Waals surface area contributed by atoms with Crippen LogP contribution >= 0.6 is 0 Å². The molecule has 1 aromatic rings. The molecule has 2 rings (SSSR count). The van der Waals surface area contributed by atoms with E-state index in [9.17, 15) is 0 Å². The van der Waals surface area contributed by atoms with Crippen LogP contribution in [-0.2, 0) is 4.74 Å². The molecule has 0 saturated carbocycles. The fraction of sp³-hybridized carbons (Fsp3) is 0.636. The third-order valence-corrected chi connectivity index (χ3v) is 2.65. The Kier molecular flexibility index (Phi) is 3.22. The summed E-state index contributed by atoms with van der Waals surface area (Å²) >= 11 is 0. The van der Waals surface area contributed by atoms with E-state index in [0.717, 1.165) is 18.9 Å². The number of ether oxygens (including phenoxy) is 1. The Balaban J connectivity index is 1.74. The summed E-state index contributed by atoms with van der Waals surface area (Å²) in [5.41, 5.74) is 0. The van der Waals surface area contributed by atoms with Gasteiger partial charge in [-0.25, -0.2) is 0 Å². The number of rotatable bonds is 4. The largest absolute Gasteiger partial charge is 0.468 e. The zero-order valence-electron chi connectivity index (χ0n) is 8.53. The lowest BCUT2D eigenvalue weighted by Gasteiger charge is -2.14. The van der Waals surface area contributed by atoms with Gasteiger partial charge in [0.25, 0.3) is 0 Å². The molecule has 78 valence electrons. The van der Waals surface area contributed by atoms with Gasteiger partial charge in [-0.3, -0.25) is 0 Å². The molecule has 0 unspecified atom stereocenters. The molecule has 1 aliphatic rings. The molecule has 1 fully saturated rings. The van der Waals surface area contributed by atoms with Crippen molar-refractivity contribution < 1.29 is 9.15 Å². The smallest absolute Gasteiger partial charge is 0.120 e. The van der Waals surface area contributed by atoms with Crippen LogP contribution in [0.25, 0.3) is 0 Å². The first-order valence-corrected chi connectivity index (χ1v) is 5.24. The van der Waals surface area contributed by atoms with E-state index in [4.69, 9.17) is 9.15 Å². The summed E-state index contributed by atoms with van der Waals surface area (Å²) in [6.07, 6.45) is 4.48. The third-order valence-electron chi connectivity index (χ3n) is 2.65. The Hall–Kier alpha value is -0.800. The first-order valence-electron chi connectivity index (χ1n) is 5.24. The number of hydrogen-bond donors (Lipinski definition) is 1. The first kappa shape index (κ1) is 9.74. The van der Waals surface area contributed by atoms with Crippen molar-refractivity contribution in [3.05, 3.63) is 24.2 Å². The lowest BCUT2D eigenvalue weighted by molar-refractivity contribution is 0.107. The Bertz CT molecular complexity index is 252. The second-order valence-electron chi connectivity index (χ2n) is 3.78. The van der Waals surface area contributed by atoms with E-state index in [1.54, 1.807) is 6.26 Å². The molecular formula is C11H17NO2. The molecule has 1 aliphatic heterocycles. The van der Waals surface area contributed by atoms with Gasteiger partial charge >= 0.3 is 0 Å². The highest BCUT2D eigenvalue weighted by Gasteiger charge is 2.16. The van der Waals surface area contributed by atoms with Crippen molar-refractivity contribution in [2.45, 2.75) is 31.9 Å². The lowest BCUT2D eigenvalue weighted by Crippen LogP contribution is -2.28. The van der Waals surface area contributed by atoms with Crippen molar-refractivity contribution in [3.8, 4) is 0 Å². The van der Waals surface area contributed by atoms with Gasteiger partial charge in [0.15, 0.2) is 0 Å². The molecule has 1 aromatic heterocycles. The molecule has 14 heavy (non-hydrogen) atoms. The van der Waals surface area contributed by atoms with Crippen molar-refractivity contribution in [2.24, 2.45) is 0 Å². The van der Waals surface area contributed by atoms with Crippen LogP contribution in [0.3, 0.4) is 0 Å². The van der Waals surface area contributed by atoms with Crippen molar-refractivity contribution in [1.82, 2.24) is 5.32 Å². The summed E-state index contributed by atoms with van der Waals surface area (Å²) < 4.78 is 10.8. The maximum absolute atomic E-state index is 5.53. The Morgan fingerprint density at radius 1 is 1.64 bits per heavy atom. The molecule has 1 saturated heterocycles. The molecule has 2 heterocycles. The van der Waals surface area contributed by atoms with E-state index in [2.05, 4.69) is 12.2 Å². The minimum atomic E-state index is 0.272. The van der Waals surface area contributed by atoms with Gasteiger partial charge in [0.2, 0.25) is 0 Å². The third kappa shape index (κ3) is 2.36.